The number of benzene rings is 14. The highest BCUT2D eigenvalue weighted by atomic mass is 16.3. The Labute approximate surface area is 437 Å². The number of anilines is 6. The van der Waals surface area contributed by atoms with Gasteiger partial charge in [0.1, 0.15) is 22.3 Å². The van der Waals surface area contributed by atoms with E-state index < -0.39 is 0 Å². The van der Waals surface area contributed by atoms with Gasteiger partial charge < -0.3 is 18.6 Å². The highest BCUT2D eigenvalue weighted by Crippen LogP contribution is 2.53. The molecule has 0 aliphatic heterocycles. The van der Waals surface area contributed by atoms with E-state index in [1.165, 1.54) is 32.3 Å². The van der Waals surface area contributed by atoms with E-state index in [0.717, 1.165) is 122 Å². The third-order valence-electron chi connectivity index (χ3n) is 15.7. The van der Waals surface area contributed by atoms with Gasteiger partial charge in [-0.3, -0.25) is 0 Å². The molecule has 2 aromatic heterocycles. The fourth-order valence-electron chi connectivity index (χ4n) is 12.5. The van der Waals surface area contributed by atoms with Crippen LogP contribution in [-0.2, 0) is 0 Å². The van der Waals surface area contributed by atoms with E-state index in [1.54, 1.807) is 0 Å². The summed E-state index contributed by atoms with van der Waals surface area (Å²) in [5, 5.41) is 16.1. The Kier molecular flexibility index (Phi) is 9.30. The van der Waals surface area contributed by atoms with Crippen LogP contribution in [0.25, 0.3) is 120 Å². The van der Waals surface area contributed by atoms with Gasteiger partial charge in [-0.2, -0.15) is 0 Å². The summed E-state index contributed by atoms with van der Waals surface area (Å²) >= 11 is 0. The van der Waals surface area contributed by atoms with Crippen LogP contribution >= 0.6 is 0 Å². The van der Waals surface area contributed by atoms with Gasteiger partial charge >= 0.3 is 0 Å². The molecule has 4 nitrogen and oxygen atoms in total. The molecule has 16 rings (SSSR count). The third-order valence-corrected chi connectivity index (χ3v) is 15.7. The lowest BCUT2D eigenvalue weighted by atomic mass is 9.91. The van der Waals surface area contributed by atoms with Crippen molar-refractivity contribution in [3.8, 4) is 22.3 Å². The molecule has 354 valence electrons. The van der Waals surface area contributed by atoms with E-state index in [9.17, 15) is 0 Å². The standard InChI is InChI=1S/C72H44N2O2/c1-5-19-45(20-6-1)57-43-49-23-13-15-29-53(49)67-69-61(31-17-33-63(69)75-71(57)67)73(51-25-9-3-10-26-51)59-41-37-47-36-40-56-60(42-38-48-35-39-55(59)65(47)66(48)56)74(52-27-11-4-12-28-52)62-32-18-34-64-70(62)68-54-30-16-14-24-50(54)44-58(72(68)76-64)46-21-7-2-8-22-46/h1-44H. The van der Waals surface area contributed by atoms with Crippen LogP contribution < -0.4 is 9.80 Å². The molecule has 2 heterocycles. The van der Waals surface area contributed by atoms with Crippen molar-refractivity contribution in [2.45, 2.75) is 0 Å². The number of hydrogen-bond acceptors (Lipinski definition) is 4. The Morgan fingerprint density at radius 2 is 0.618 bits per heavy atom. The number of fused-ring (bicyclic) bond motifs is 10. The summed E-state index contributed by atoms with van der Waals surface area (Å²) in [5.74, 6) is 0. The quantitative estimate of drug-likeness (QED) is 0.142. The Hall–Kier alpha value is -10.2. The number of nitrogens with zero attached hydrogens (tertiary/aromatic N) is 2. The topological polar surface area (TPSA) is 32.8 Å². The van der Waals surface area contributed by atoms with Crippen molar-refractivity contribution in [3.05, 3.63) is 267 Å². The molecule has 0 atom stereocenters. The molecule has 0 aliphatic rings. The van der Waals surface area contributed by atoms with Crippen LogP contribution in [0.4, 0.5) is 34.1 Å². The first-order chi connectivity index (χ1) is 37.7. The fraction of sp³-hybridized carbons (Fsp3) is 0. The molecule has 0 amide bonds. The van der Waals surface area contributed by atoms with Gasteiger partial charge in [0.05, 0.1) is 33.5 Å². The van der Waals surface area contributed by atoms with E-state index in [0.29, 0.717) is 0 Å². The van der Waals surface area contributed by atoms with Gasteiger partial charge in [0.15, 0.2) is 0 Å². The molecule has 0 aliphatic carbocycles. The minimum atomic E-state index is 0.843. The zero-order valence-electron chi connectivity index (χ0n) is 41.1. The molecule has 16 aromatic rings. The highest BCUT2D eigenvalue weighted by Gasteiger charge is 2.28. The summed E-state index contributed by atoms with van der Waals surface area (Å²) in [7, 11) is 0. The predicted molar refractivity (Wildman–Crippen MR) is 320 cm³/mol. The first kappa shape index (κ1) is 42.4. The molecule has 0 fully saturated rings. The second-order valence-electron chi connectivity index (χ2n) is 19.9. The number of hydrogen-bond donors (Lipinski definition) is 0. The van der Waals surface area contributed by atoms with Crippen LogP contribution in [0, 0.1) is 0 Å². The fourth-order valence-corrected chi connectivity index (χ4v) is 12.5. The highest BCUT2D eigenvalue weighted by molar-refractivity contribution is 6.31. The monoisotopic (exact) mass is 968 g/mol. The van der Waals surface area contributed by atoms with Crippen molar-refractivity contribution in [2.24, 2.45) is 0 Å². The molecule has 76 heavy (non-hydrogen) atoms. The van der Waals surface area contributed by atoms with E-state index in [-0.39, 0.29) is 0 Å². The van der Waals surface area contributed by atoms with Gasteiger partial charge in [0.2, 0.25) is 0 Å². The summed E-state index contributed by atoms with van der Waals surface area (Å²) in [5.41, 5.74) is 14.2. The normalized spacial score (nSPS) is 11.9. The SMILES string of the molecule is c1ccc(-c2cc3ccccc3c3c2oc2cccc(N(c4ccccc4)c4ccc5ccc6c(N(c7ccccc7)c7cccc8oc9c(-c%10ccccc%10)cc%10ccccc%10c9c78)ccc7ccc4c5c76)c23)cc1. The van der Waals surface area contributed by atoms with Crippen LogP contribution in [0.1, 0.15) is 0 Å². The first-order valence-corrected chi connectivity index (χ1v) is 26.0. The Bertz CT molecular complexity index is 4610. The number of furan rings is 2. The Balaban J connectivity index is 0.959. The van der Waals surface area contributed by atoms with Gasteiger partial charge in [-0.25, -0.2) is 0 Å². The minimum absolute atomic E-state index is 0.843. The van der Waals surface area contributed by atoms with E-state index in [4.69, 9.17) is 8.83 Å². The summed E-state index contributed by atoms with van der Waals surface area (Å²) < 4.78 is 14.1. The Morgan fingerprint density at radius 3 is 1.05 bits per heavy atom. The van der Waals surface area contributed by atoms with Gasteiger partial charge in [0, 0.05) is 44.0 Å². The smallest absolute Gasteiger partial charge is 0.143 e. The Morgan fingerprint density at radius 1 is 0.237 bits per heavy atom. The molecule has 0 saturated heterocycles. The maximum absolute atomic E-state index is 7.05. The second-order valence-corrected chi connectivity index (χ2v) is 19.9. The summed E-state index contributed by atoms with van der Waals surface area (Å²) in [6.07, 6.45) is 0. The second kappa shape index (κ2) is 16.7. The van der Waals surface area contributed by atoms with E-state index in [2.05, 4.69) is 277 Å². The van der Waals surface area contributed by atoms with Gasteiger partial charge in [-0.1, -0.05) is 194 Å². The molecule has 0 N–H and O–H groups in total. The van der Waals surface area contributed by atoms with E-state index >= 15 is 0 Å². The van der Waals surface area contributed by atoms with Crippen LogP contribution in [0.3, 0.4) is 0 Å². The zero-order chi connectivity index (χ0) is 49.8. The third kappa shape index (κ3) is 6.31. The van der Waals surface area contributed by atoms with Gasteiger partial charge in [0.25, 0.3) is 0 Å². The minimum Gasteiger partial charge on any atom is -0.455 e. The largest absolute Gasteiger partial charge is 0.455 e. The van der Waals surface area contributed by atoms with Gasteiger partial charge in [-0.05, 0) is 127 Å². The summed E-state index contributed by atoms with van der Waals surface area (Å²) in [6.45, 7) is 0. The summed E-state index contributed by atoms with van der Waals surface area (Å²) in [4.78, 5) is 4.89. The molecule has 0 radical (unpaired) electrons. The molecular weight excluding hydrogens is 925 g/mol. The molecular formula is C72H44N2O2. The lowest BCUT2D eigenvalue weighted by Gasteiger charge is -2.30. The molecule has 14 aromatic carbocycles. The molecule has 0 saturated carbocycles. The van der Waals surface area contributed by atoms with Crippen LogP contribution in [0.2, 0.25) is 0 Å². The maximum Gasteiger partial charge on any atom is 0.143 e. The van der Waals surface area contributed by atoms with Crippen molar-refractivity contribution in [2.75, 3.05) is 9.80 Å². The summed E-state index contributed by atoms with van der Waals surface area (Å²) in [6, 6.07) is 96.3. The molecule has 0 unspecified atom stereocenters. The van der Waals surface area contributed by atoms with Crippen LogP contribution in [-0.4, -0.2) is 0 Å². The maximum atomic E-state index is 7.05. The number of rotatable bonds is 8. The lowest BCUT2D eigenvalue weighted by Crippen LogP contribution is -2.12. The van der Waals surface area contributed by atoms with Gasteiger partial charge in [-0.15, -0.1) is 0 Å². The van der Waals surface area contributed by atoms with Crippen molar-refractivity contribution in [3.63, 3.8) is 0 Å². The molecule has 4 heteroatoms. The number of para-hydroxylation sites is 2. The van der Waals surface area contributed by atoms with Crippen LogP contribution in [0.15, 0.2) is 276 Å². The average Bonchev–Trinajstić information content (AvgIpc) is 4.26. The molecule has 0 bridgehead atoms. The van der Waals surface area contributed by atoms with E-state index in [1.807, 2.05) is 0 Å². The average molecular weight is 969 g/mol. The van der Waals surface area contributed by atoms with Crippen molar-refractivity contribution in [1.29, 1.82) is 0 Å². The van der Waals surface area contributed by atoms with Crippen molar-refractivity contribution < 1.29 is 8.83 Å². The zero-order valence-corrected chi connectivity index (χ0v) is 41.1. The van der Waals surface area contributed by atoms with Crippen molar-refractivity contribution in [1.82, 2.24) is 0 Å². The predicted octanol–water partition coefficient (Wildman–Crippen LogP) is 21.0. The van der Waals surface area contributed by atoms with Crippen LogP contribution in [0.5, 0.6) is 0 Å². The lowest BCUT2D eigenvalue weighted by molar-refractivity contribution is 0.670. The van der Waals surface area contributed by atoms with Crippen molar-refractivity contribution >= 4 is 132 Å². The molecule has 0 spiro atoms. The first-order valence-electron chi connectivity index (χ1n) is 26.0.